The number of aliphatic hydroxyl groups excluding tert-OH is 1. The van der Waals surface area contributed by atoms with Crippen LogP contribution in [0.2, 0.25) is 0 Å². The Morgan fingerprint density at radius 2 is 1.27 bits per heavy atom. The summed E-state index contributed by atoms with van der Waals surface area (Å²) in [5, 5.41) is 28.2. The van der Waals surface area contributed by atoms with E-state index >= 15 is 0 Å². The van der Waals surface area contributed by atoms with E-state index in [9.17, 15) is 29.1 Å². The maximum atomic E-state index is 13.2. The van der Waals surface area contributed by atoms with Gasteiger partial charge in [-0.3, -0.25) is 24.2 Å². The molecule has 230 valence electrons. The molecule has 0 aromatic heterocycles. The molecule has 0 aliphatic heterocycles. The van der Waals surface area contributed by atoms with Crippen LogP contribution in [0, 0.1) is 5.92 Å². The van der Waals surface area contributed by atoms with E-state index in [0.29, 0.717) is 25.8 Å². The molecule has 0 rings (SSSR count). The molecule has 0 aliphatic carbocycles. The third kappa shape index (κ3) is 14.6. The number of aliphatic carboxylic acids is 1. The quantitative estimate of drug-likeness (QED) is 0.0388. The molecule has 16 heteroatoms. The number of carboxylic acids is 1. The number of aliphatic hydroxyl groups is 1. The molecule has 0 aromatic carbocycles. The van der Waals surface area contributed by atoms with E-state index in [4.69, 9.17) is 28.0 Å². The van der Waals surface area contributed by atoms with E-state index in [2.05, 4.69) is 26.3 Å². The van der Waals surface area contributed by atoms with Crippen LogP contribution < -0.4 is 44.2 Å². The zero-order valence-electron chi connectivity index (χ0n) is 23.5. The number of nitrogens with zero attached hydrogens (tertiary/aromatic N) is 1. The maximum absolute atomic E-state index is 13.2. The zero-order chi connectivity index (χ0) is 30.8. The second-order valence-corrected chi connectivity index (χ2v) is 9.77. The van der Waals surface area contributed by atoms with Crippen LogP contribution in [-0.2, 0) is 24.0 Å². The number of hydrogen-bond acceptors (Lipinski definition) is 9. The van der Waals surface area contributed by atoms with Gasteiger partial charge in [0.15, 0.2) is 5.96 Å². The van der Waals surface area contributed by atoms with E-state index in [1.165, 1.54) is 6.92 Å². The molecule has 5 atom stereocenters. The number of amides is 4. The summed E-state index contributed by atoms with van der Waals surface area (Å²) in [7, 11) is 0. The number of unbranched alkanes of at least 4 members (excludes halogenated alkanes) is 1. The number of aliphatic imine (C=N–C) groups is 1. The average molecular weight is 574 g/mol. The predicted molar refractivity (Wildman–Crippen MR) is 148 cm³/mol. The number of hydrogen-bond donors (Lipinski definition) is 10. The molecule has 4 amide bonds. The van der Waals surface area contributed by atoms with Gasteiger partial charge in [-0.05, 0) is 51.5 Å². The first-order valence-electron chi connectivity index (χ1n) is 13.3. The summed E-state index contributed by atoms with van der Waals surface area (Å²) in [6.45, 7) is 4.98. The van der Waals surface area contributed by atoms with Gasteiger partial charge in [0.05, 0.1) is 6.04 Å². The lowest BCUT2D eigenvalue weighted by atomic mass is 10.0. The van der Waals surface area contributed by atoms with Crippen LogP contribution in [-0.4, -0.2) is 95.7 Å². The highest BCUT2D eigenvalue weighted by Crippen LogP contribution is 2.07. The van der Waals surface area contributed by atoms with Crippen LogP contribution >= 0.6 is 0 Å². The summed E-state index contributed by atoms with van der Waals surface area (Å²) in [5.41, 5.74) is 22.2. The average Bonchev–Trinajstić information content (AvgIpc) is 2.88. The topological polar surface area (TPSA) is 290 Å². The Labute approximate surface area is 234 Å². The monoisotopic (exact) mass is 573 g/mol. The maximum Gasteiger partial charge on any atom is 0.326 e. The van der Waals surface area contributed by atoms with Crippen LogP contribution in [0.5, 0.6) is 0 Å². The van der Waals surface area contributed by atoms with Crippen molar-refractivity contribution in [2.75, 3.05) is 19.7 Å². The van der Waals surface area contributed by atoms with Crippen molar-refractivity contribution in [1.29, 1.82) is 0 Å². The van der Waals surface area contributed by atoms with Gasteiger partial charge in [0.25, 0.3) is 0 Å². The van der Waals surface area contributed by atoms with Crippen molar-refractivity contribution in [1.82, 2.24) is 21.3 Å². The number of carbonyl (C=O) groups is 5. The molecule has 40 heavy (non-hydrogen) atoms. The lowest BCUT2D eigenvalue weighted by Gasteiger charge is -2.26. The molecule has 0 bridgehead atoms. The van der Waals surface area contributed by atoms with E-state index in [1.807, 2.05) is 0 Å². The first-order valence-corrected chi connectivity index (χ1v) is 13.3. The summed E-state index contributed by atoms with van der Waals surface area (Å²) in [6, 6.07) is -5.49. The predicted octanol–water partition coefficient (Wildman–Crippen LogP) is -3.42. The Bertz CT molecular complexity index is 866. The van der Waals surface area contributed by atoms with Crippen LogP contribution in [0.4, 0.5) is 0 Å². The minimum absolute atomic E-state index is 0.118. The number of carbonyl (C=O) groups excluding carboxylic acids is 4. The summed E-state index contributed by atoms with van der Waals surface area (Å²) in [5.74, 6) is -4.30. The molecule has 16 nitrogen and oxygen atoms in total. The molecule has 0 spiro atoms. The fraction of sp³-hybridized carbons (Fsp3) is 0.750. The van der Waals surface area contributed by atoms with Gasteiger partial charge in [-0.2, -0.15) is 0 Å². The Kier molecular flexibility index (Phi) is 17.8. The van der Waals surface area contributed by atoms with Crippen LogP contribution in [0.1, 0.15) is 59.3 Å². The van der Waals surface area contributed by atoms with Gasteiger partial charge in [0, 0.05) is 19.6 Å². The second kappa shape index (κ2) is 19.5. The van der Waals surface area contributed by atoms with Gasteiger partial charge in [-0.1, -0.05) is 13.8 Å². The van der Waals surface area contributed by atoms with E-state index < -0.39 is 66.4 Å². The van der Waals surface area contributed by atoms with Crippen molar-refractivity contribution < 1.29 is 34.2 Å². The highest BCUT2D eigenvalue weighted by molar-refractivity contribution is 5.95. The SMILES string of the molecule is CC(C)[C@H](N)C(=O)N[C@@H](CCCN=C(N)N)C(=O)N[C@@H](CCCCN)C(=O)N[C@@H](C)C(=O)N[C@@H](CCO)C(=O)O. The van der Waals surface area contributed by atoms with Gasteiger partial charge in [0.1, 0.15) is 24.2 Å². The molecular weight excluding hydrogens is 526 g/mol. The van der Waals surface area contributed by atoms with Crippen molar-refractivity contribution in [3.8, 4) is 0 Å². The molecule has 0 fully saturated rings. The minimum Gasteiger partial charge on any atom is -0.480 e. The Morgan fingerprint density at radius 3 is 1.77 bits per heavy atom. The number of nitrogens with one attached hydrogen (secondary N) is 4. The molecule has 0 radical (unpaired) electrons. The van der Waals surface area contributed by atoms with Crippen LogP contribution in [0.25, 0.3) is 0 Å². The molecule has 0 aromatic rings. The number of carboxylic acid groups (broad SMARTS) is 1. The van der Waals surface area contributed by atoms with Crippen molar-refractivity contribution in [3.63, 3.8) is 0 Å². The third-order valence-electron chi connectivity index (χ3n) is 5.96. The zero-order valence-corrected chi connectivity index (χ0v) is 23.5. The molecule has 0 heterocycles. The molecule has 0 saturated heterocycles. The highest BCUT2D eigenvalue weighted by Gasteiger charge is 2.30. The minimum atomic E-state index is -1.34. The largest absolute Gasteiger partial charge is 0.480 e. The number of guanidine groups is 1. The van der Waals surface area contributed by atoms with Gasteiger partial charge in [-0.25, -0.2) is 4.79 Å². The third-order valence-corrected chi connectivity index (χ3v) is 5.96. The van der Waals surface area contributed by atoms with Gasteiger partial charge < -0.3 is 54.4 Å². The standard InChI is InChI=1S/C24H47N9O7/c1-13(2)18(26)22(38)32-16(8-6-11-29-24(27)28)21(37)31-15(7-4-5-10-25)20(36)30-14(3)19(35)33-17(9-12-34)23(39)40/h13-18,34H,4-12,25-26H2,1-3H3,(H,30,36)(H,31,37)(H,32,38)(H,33,35)(H,39,40)(H4,27,28,29)/t14-,15-,16-,17-,18-/m0/s1. The van der Waals surface area contributed by atoms with E-state index in [-0.39, 0.29) is 37.7 Å². The van der Waals surface area contributed by atoms with Crippen molar-refractivity contribution in [2.24, 2.45) is 33.8 Å². The first-order chi connectivity index (χ1) is 18.7. The van der Waals surface area contributed by atoms with Crippen LogP contribution in [0.3, 0.4) is 0 Å². The van der Waals surface area contributed by atoms with Crippen LogP contribution in [0.15, 0.2) is 4.99 Å². The van der Waals surface area contributed by atoms with E-state index in [0.717, 1.165) is 0 Å². The smallest absolute Gasteiger partial charge is 0.326 e. The lowest BCUT2D eigenvalue weighted by molar-refractivity contribution is -0.142. The van der Waals surface area contributed by atoms with E-state index in [1.54, 1.807) is 13.8 Å². The Morgan fingerprint density at radius 1 is 0.750 bits per heavy atom. The first kappa shape index (κ1) is 36.5. The molecular formula is C24H47N9O7. The molecule has 0 saturated carbocycles. The summed E-state index contributed by atoms with van der Waals surface area (Å²) >= 11 is 0. The molecule has 0 unspecified atom stereocenters. The summed E-state index contributed by atoms with van der Waals surface area (Å²) in [6.07, 6.45) is 1.51. The Hall–Kier alpha value is -3.50. The Balaban J connectivity index is 5.62. The van der Waals surface area contributed by atoms with Crippen molar-refractivity contribution in [3.05, 3.63) is 0 Å². The summed E-state index contributed by atoms with van der Waals surface area (Å²) < 4.78 is 0. The second-order valence-electron chi connectivity index (χ2n) is 9.77. The summed E-state index contributed by atoms with van der Waals surface area (Å²) in [4.78, 5) is 66.5. The lowest BCUT2D eigenvalue weighted by Crippen LogP contribution is -2.58. The number of rotatable bonds is 20. The van der Waals surface area contributed by atoms with Gasteiger partial charge in [-0.15, -0.1) is 0 Å². The molecule has 0 aliphatic rings. The highest BCUT2D eigenvalue weighted by atomic mass is 16.4. The molecule has 14 N–H and O–H groups in total. The fourth-order valence-corrected chi connectivity index (χ4v) is 3.44. The number of nitrogens with two attached hydrogens (primary N) is 4. The van der Waals surface area contributed by atoms with Gasteiger partial charge in [0.2, 0.25) is 23.6 Å². The van der Waals surface area contributed by atoms with Gasteiger partial charge >= 0.3 is 5.97 Å². The fourth-order valence-electron chi connectivity index (χ4n) is 3.44. The van der Waals surface area contributed by atoms with Crippen molar-refractivity contribution in [2.45, 2.75) is 89.5 Å². The normalized spacial score (nSPS) is 14.7. The van der Waals surface area contributed by atoms with Crippen molar-refractivity contribution >= 4 is 35.6 Å².